The highest BCUT2D eigenvalue weighted by Gasteiger charge is 2.12. The van der Waals surface area contributed by atoms with Crippen LogP contribution < -0.4 is 4.90 Å². The summed E-state index contributed by atoms with van der Waals surface area (Å²) in [7, 11) is -3.54. The summed E-state index contributed by atoms with van der Waals surface area (Å²) in [5.41, 5.74) is 0.590. The van der Waals surface area contributed by atoms with Crippen molar-refractivity contribution in [1.82, 2.24) is 0 Å². The molecule has 19 heavy (non-hydrogen) atoms. The molecule has 0 aliphatic rings. The molecule has 6 nitrogen and oxygen atoms in total. The van der Waals surface area contributed by atoms with E-state index in [0.717, 1.165) is 6.26 Å². The Morgan fingerprint density at radius 2 is 2.16 bits per heavy atom. The first-order chi connectivity index (χ1) is 8.78. The Bertz CT molecular complexity index is 546. The van der Waals surface area contributed by atoms with E-state index in [9.17, 15) is 13.2 Å². The summed E-state index contributed by atoms with van der Waals surface area (Å²) in [4.78, 5) is 12.3. The number of carboxylic acid groups (broad SMARTS) is 1. The molecule has 1 aromatic rings. The predicted octanol–water partition coefficient (Wildman–Crippen LogP) is 1.21. The minimum absolute atomic E-state index is 0.125. The van der Waals surface area contributed by atoms with E-state index >= 15 is 0 Å². The molecule has 0 saturated carbocycles. The highest BCUT2D eigenvalue weighted by Crippen LogP contribution is 2.19. The number of carbonyl (C=O) groups is 1. The van der Waals surface area contributed by atoms with E-state index in [1.807, 2.05) is 0 Å². The van der Waals surface area contributed by atoms with E-state index < -0.39 is 16.1 Å². The molecule has 0 amide bonds. The summed E-state index contributed by atoms with van der Waals surface area (Å²) >= 11 is 5.83. The van der Waals surface area contributed by atoms with Gasteiger partial charge in [0.15, 0.2) is 0 Å². The number of aliphatic carboxylic acids is 1. The zero-order chi connectivity index (χ0) is 14.5. The van der Waals surface area contributed by atoms with Crippen LogP contribution in [-0.4, -0.2) is 45.4 Å². The highest BCUT2D eigenvalue weighted by molar-refractivity contribution is 7.85. The summed E-state index contributed by atoms with van der Waals surface area (Å²) in [5, 5.41) is 9.31. The van der Waals surface area contributed by atoms with E-state index in [1.165, 1.54) is 4.90 Å². The van der Waals surface area contributed by atoms with Gasteiger partial charge in [0.2, 0.25) is 0 Å². The Labute approximate surface area is 116 Å². The number of nitrogens with zero attached hydrogens (tertiary/aromatic N) is 1. The fraction of sp³-hybridized carbons (Fsp3) is 0.364. The van der Waals surface area contributed by atoms with Crippen LogP contribution in [0, 0.1) is 0 Å². The number of anilines is 1. The summed E-state index contributed by atoms with van der Waals surface area (Å²) < 4.78 is 26.3. The highest BCUT2D eigenvalue weighted by atomic mass is 35.5. The molecule has 0 spiro atoms. The second-order valence-electron chi connectivity index (χ2n) is 3.82. The lowest BCUT2D eigenvalue weighted by molar-refractivity contribution is -0.135. The molecule has 0 radical (unpaired) electrons. The van der Waals surface area contributed by atoms with Crippen LogP contribution in [0.25, 0.3) is 0 Å². The molecule has 0 unspecified atom stereocenters. The largest absolute Gasteiger partial charge is 0.480 e. The van der Waals surface area contributed by atoms with Gasteiger partial charge in [-0.25, -0.2) is 0 Å². The zero-order valence-corrected chi connectivity index (χ0v) is 11.8. The first-order valence-corrected chi connectivity index (χ1v) is 7.54. The van der Waals surface area contributed by atoms with Gasteiger partial charge in [-0.3, -0.25) is 8.98 Å². The SMILES string of the molecule is CS(=O)(=O)OCCN(CC(=O)O)c1cccc(Cl)c1. The molecule has 0 fully saturated rings. The summed E-state index contributed by atoms with van der Waals surface area (Å²) in [5.74, 6) is -1.03. The van der Waals surface area contributed by atoms with Gasteiger partial charge in [0, 0.05) is 17.3 Å². The van der Waals surface area contributed by atoms with Crippen molar-refractivity contribution in [2.75, 3.05) is 30.9 Å². The van der Waals surface area contributed by atoms with Gasteiger partial charge >= 0.3 is 5.97 Å². The minimum atomic E-state index is -3.54. The minimum Gasteiger partial charge on any atom is -0.480 e. The first kappa shape index (κ1) is 15.7. The smallest absolute Gasteiger partial charge is 0.323 e. The van der Waals surface area contributed by atoms with E-state index in [1.54, 1.807) is 24.3 Å². The molecule has 106 valence electrons. The molecule has 1 N–H and O–H groups in total. The zero-order valence-electron chi connectivity index (χ0n) is 10.2. The van der Waals surface area contributed by atoms with Gasteiger partial charge < -0.3 is 10.0 Å². The van der Waals surface area contributed by atoms with E-state index in [-0.39, 0.29) is 19.7 Å². The monoisotopic (exact) mass is 307 g/mol. The molecular formula is C11H14ClNO5S. The van der Waals surface area contributed by atoms with Crippen LogP contribution in [0.15, 0.2) is 24.3 Å². The van der Waals surface area contributed by atoms with Crippen LogP contribution in [0.5, 0.6) is 0 Å². The number of benzene rings is 1. The molecule has 0 bridgehead atoms. The fourth-order valence-electron chi connectivity index (χ4n) is 1.43. The second kappa shape index (κ2) is 6.74. The Morgan fingerprint density at radius 1 is 1.47 bits per heavy atom. The van der Waals surface area contributed by atoms with Crippen LogP contribution in [0.4, 0.5) is 5.69 Å². The number of carboxylic acids is 1. The summed E-state index contributed by atoms with van der Waals surface area (Å²) in [6, 6.07) is 6.64. The van der Waals surface area contributed by atoms with Crippen LogP contribution in [0.2, 0.25) is 5.02 Å². The van der Waals surface area contributed by atoms with Crippen molar-refractivity contribution in [3.63, 3.8) is 0 Å². The average molecular weight is 308 g/mol. The van der Waals surface area contributed by atoms with Gasteiger partial charge in [0.05, 0.1) is 12.9 Å². The Morgan fingerprint density at radius 3 is 2.68 bits per heavy atom. The molecule has 0 aromatic heterocycles. The molecular weight excluding hydrogens is 294 g/mol. The summed E-state index contributed by atoms with van der Waals surface area (Å²) in [6.07, 6.45) is 0.938. The maximum Gasteiger partial charge on any atom is 0.323 e. The Balaban J connectivity index is 2.75. The van der Waals surface area contributed by atoms with Crippen molar-refractivity contribution in [3.8, 4) is 0 Å². The van der Waals surface area contributed by atoms with Crippen molar-refractivity contribution in [1.29, 1.82) is 0 Å². The lowest BCUT2D eigenvalue weighted by Gasteiger charge is -2.22. The predicted molar refractivity (Wildman–Crippen MR) is 72.1 cm³/mol. The lowest BCUT2D eigenvalue weighted by Crippen LogP contribution is -2.33. The molecule has 0 saturated heterocycles. The molecule has 0 atom stereocenters. The molecule has 1 rings (SSSR count). The van der Waals surface area contributed by atoms with Crippen molar-refractivity contribution in [2.24, 2.45) is 0 Å². The maximum absolute atomic E-state index is 10.8. The number of hydrogen-bond acceptors (Lipinski definition) is 5. The van der Waals surface area contributed by atoms with Gasteiger partial charge in [0.1, 0.15) is 6.54 Å². The standard InChI is InChI=1S/C11H14ClNO5S/c1-19(16,17)18-6-5-13(8-11(14)15)10-4-2-3-9(12)7-10/h2-4,7H,5-6,8H2,1H3,(H,14,15). The van der Waals surface area contributed by atoms with Crippen molar-refractivity contribution in [3.05, 3.63) is 29.3 Å². The Hall–Kier alpha value is -1.31. The maximum atomic E-state index is 10.8. The van der Waals surface area contributed by atoms with Crippen LogP contribution in [0.1, 0.15) is 0 Å². The van der Waals surface area contributed by atoms with Crippen LogP contribution >= 0.6 is 11.6 Å². The lowest BCUT2D eigenvalue weighted by atomic mass is 10.3. The number of rotatable bonds is 7. The number of hydrogen-bond donors (Lipinski definition) is 1. The van der Waals surface area contributed by atoms with Crippen LogP contribution in [0.3, 0.4) is 0 Å². The van der Waals surface area contributed by atoms with Crippen molar-refractivity contribution >= 4 is 33.4 Å². The van der Waals surface area contributed by atoms with E-state index in [2.05, 4.69) is 4.18 Å². The van der Waals surface area contributed by atoms with Gasteiger partial charge in [-0.15, -0.1) is 0 Å². The van der Waals surface area contributed by atoms with Crippen molar-refractivity contribution in [2.45, 2.75) is 0 Å². The van der Waals surface area contributed by atoms with Gasteiger partial charge in [-0.1, -0.05) is 17.7 Å². The fourth-order valence-corrected chi connectivity index (χ4v) is 2.00. The topological polar surface area (TPSA) is 83.9 Å². The number of halogens is 1. The van der Waals surface area contributed by atoms with E-state index in [0.29, 0.717) is 10.7 Å². The molecule has 8 heteroatoms. The first-order valence-electron chi connectivity index (χ1n) is 5.34. The van der Waals surface area contributed by atoms with Crippen molar-refractivity contribution < 1.29 is 22.5 Å². The van der Waals surface area contributed by atoms with Gasteiger partial charge in [-0.2, -0.15) is 8.42 Å². The average Bonchev–Trinajstić information content (AvgIpc) is 2.25. The van der Waals surface area contributed by atoms with Gasteiger partial charge in [-0.05, 0) is 18.2 Å². The van der Waals surface area contributed by atoms with Crippen LogP contribution in [-0.2, 0) is 19.1 Å². The molecule has 0 aliphatic heterocycles. The summed E-state index contributed by atoms with van der Waals surface area (Å²) in [6.45, 7) is -0.272. The second-order valence-corrected chi connectivity index (χ2v) is 5.90. The molecule has 1 aromatic carbocycles. The third-order valence-electron chi connectivity index (χ3n) is 2.16. The van der Waals surface area contributed by atoms with Gasteiger partial charge in [0.25, 0.3) is 10.1 Å². The third kappa shape index (κ3) is 6.42. The van der Waals surface area contributed by atoms with E-state index in [4.69, 9.17) is 16.7 Å². The molecule has 0 aliphatic carbocycles. The quantitative estimate of drug-likeness (QED) is 0.762. The normalized spacial score (nSPS) is 11.3. The molecule has 0 heterocycles. The third-order valence-corrected chi connectivity index (χ3v) is 2.99. The Kier molecular flexibility index (Phi) is 5.59.